The molecule has 0 radical (unpaired) electrons. The Morgan fingerprint density at radius 3 is 2.10 bits per heavy atom. The highest BCUT2D eigenvalue weighted by molar-refractivity contribution is 6.12. The molecule has 0 fully saturated rings. The first-order valence-corrected chi connectivity index (χ1v) is 7.10. The van der Waals surface area contributed by atoms with Crippen molar-refractivity contribution in [1.29, 1.82) is 0 Å². The van der Waals surface area contributed by atoms with Gasteiger partial charge in [0.05, 0.1) is 0 Å². The number of para-hydroxylation sites is 1. The average molecular weight is 269 g/mol. The molecule has 0 aromatic heterocycles. The monoisotopic (exact) mass is 269 g/mol. The lowest BCUT2D eigenvalue weighted by Gasteiger charge is -2.11. The molecule has 4 rings (SSSR count). The minimum absolute atomic E-state index is 0.818. The summed E-state index contributed by atoms with van der Waals surface area (Å²) >= 11 is 0. The zero-order chi connectivity index (χ0) is 14.2. The molecule has 0 heterocycles. The molecule has 100 valence electrons. The summed E-state index contributed by atoms with van der Waals surface area (Å²) in [6.07, 6.45) is 0. The third-order valence-corrected chi connectivity index (χ3v) is 4.04. The summed E-state index contributed by atoms with van der Waals surface area (Å²) in [5.41, 5.74) is 9.26. The van der Waals surface area contributed by atoms with E-state index in [1.165, 1.54) is 27.1 Å². The minimum Gasteiger partial charge on any atom is -0.398 e. The molecule has 21 heavy (non-hydrogen) atoms. The van der Waals surface area contributed by atoms with E-state index in [4.69, 9.17) is 5.73 Å². The molecule has 4 aromatic carbocycles. The minimum atomic E-state index is 0.818. The Kier molecular flexibility index (Phi) is 2.65. The molecule has 2 N–H and O–H groups in total. The number of rotatable bonds is 1. The first kappa shape index (κ1) is 12.0. The van der Waals surface area contributed by atoms with E-state index in [0.29, 0.717) is 0 Å². The van der Waals surface area contributed by atoms with Crippen molar-refractivity contribution in [3.8, 4) is 11.1 Å². The highest BCUT2D eigenvalue weighted by atomic mass is 14.6. The number of fused-ring (bicyclic) bond motifs is 3. The maximum Gasteiger partial charge on any atom is 0.0393 e. The lowest BCUT2D eigenvalue weighted by atomic mass is 9.94. The van der Waals surface area contributed by atoms with E-state index in [2.05, 4.69) is 60.7 Å². The summed E-state index contributed by atoms with van der Waals surface area (Å²) in [7, 11) is 0. The molecule has 0 amide bonds. The number of nitrogens with two attached hydrogens (primary N) is 1. The van der Waals surface area contributed by atoms with Gasteiger partial charge in [0, 0.05) is 11.3 Å². The van der Waals surface area contributed by atoms with Crippen molar-refractivity contribution in [1.82, 2.24) is 0 Å². The maximum absolute atomic E-state index is 6.16. The standard InChI is InChI=1S/C20H15N/c21-20-11-4-3-8-19(20)17-10-5-9-16-15-7-2-1-6-14(15)12-13-18(16)17/h1-13H,21H2. The van der Waals surface area contributed by atoms with Crippen molar-refractivity contribution < 1.29 is 0 Å². The second-order valence-corrected chi connectivity index (χ2v) is 5.27. The van der Waals surface area contributed by atoms with E-state index in [1.807, 2.05) is 18.2 Å². The third kappa shape index (κ3) is 1.86. The van der Waals surface area contributed by atoms with Gasteiger partial charge in [-0.25, -0.2) is 0 Å². The van der Waals surface area contributed by atoms with Crippen LogP contribution in [0.1, 0.15) is 0 Å². The summed E-state index contributed by atoms with van der Waals surface area (Å²) < 4.78 is 0. The number of hydrogen-bond acceptors (Lipinski definition) is 1. The Bertz CT molecular complexity index is 954. The maximum atomic E-state index is 6.16. The van der Waals surface area contributed by atoms with Crippen molar-refractivity contribution in [3.63, 3.8) is 0 Å². The third-order valence-electron chi connectivity index (χ3n) is 4.04. The molecule has 0 aliphatic carbocycles. The molecular weight excluding hydrogens is 254 g/mol. The van der Waals surface area contributed by atoms with Crippen LogP contribution in [0.5, 0.6) is 0 Å². The SMILES string of the molecule is Nc1ccccc1-c1cccc2c1ccc1ccccc12. The molecule has 0 unspecified atom stereocenters. The highest BCUT2D eigenvalue weighted by Crippen LogP contribution is 2.35. The molecule has 1 nitrogen and oxygen atoms in total. The van der Waals surface area contributed by atoms with Crippen LogP contribution in [-0.2, 0) is 0 Å². The van der Waals surface area contributed by atoms with Gasteiger partial charge < -0.3 is 5.73 Å². The molecule has 0 atom stereocenters. The highest BCUT2D eigenvalue weighted by Gasteiger charge is 2.08. The van der Waals surface area contributed by atoms with Crippen molar-refractivity contribution in [2.24, 2.45) is 0 Å². The summed E-state index contributed by atoms with van der Waals surface area (Å²) in [5, 5.41) is 5.07. The number of anilines is 1. The van der Waals surface area contributed by atoms with Gasteiger partial charge in [-0.3, -0.25) is 0 Å². The van der Waals surface area contributed by atoms with Crippen LogP contribution in [0.3, 0.4) is 0 Å². The topological polar surface area (TPSA) is 26.0 Å². The van der Waals surface area contributed by atoms with E-state index in [0.717, 1.165) is 11.3 Å². The van der Waals surface area contributed by atoms with Gasteiger partial charge in [0.15, 0.2) is 0 Å². The zero-order valence-corrected chi connectivity index (χ0v) is 11.6. The van der Waals surface area contributed by atoms with Gasteiger partial charge in [-0.2, -0.15) is 0 Å². The first-order valence-electron chi connectivity index (χ1n) is 7.10. The number of hydrogen-bond donors (Lipinski definition) is 1. The Balaban J connectivity index is 2.12. The quantitative estimate of drug-likeness (QED) is 0.371. The fraction of sp³-hybridized carbons (Fsp3) is 0. The van der Waals surface area contributed by atoms with Gasteiger partial charge in [-0.05, 0) is 33.2 Å². The smallest absolute Gasteiger partial charge is 0.0393 e. The van der Waals surface area contributed by atoms with Gasteiger partial charge in [0.25, 0.3) is 0 Å². The molecule has 0 saturated carbocycles. The van der Waals surface area contributed by atoms with Crippen LogP contribution in [0.4, 0.5) is 5.69 Å². The summed E-state index contributed by atoms with van der Waals surface area (Å²) in [6.45, 7) is 0. The second-order valence-electron chi connectivity index (χ2n) is 5.27. The molecule has 0 aliphatic heterocycles. The van der Waals surface area contributed by atoms with E-state index in [-0.39, 0.29) is 0 Å². The molecule has 0 aliphatic rings. The normalized spacial score (nSPS) is 11.0. The van der Waals surface area contributed by atoms with E-state index in [1.54, 1.807) is 0 Å². The Morgan fingerprint density at radius 1 is 0.476 bits per heavy atom. The van der Waals surface area contributed by atoms with E-state index in [9.17, 15) is 0 Å². The van der Waals surface area contributed by atoms with Crippen LogP contribution in [0.15, 0.2) is 78.9 Å². The van der Waals surface area contributed by atoms with Crippen molar-refractivity contribution in [3.05, 3.63) is 78.9 Å². The van der Waals surface area contributed by atoms with Crippen LogP contribution < -0.4 is 5.73 Å². The molecule has 0 saturated heterocycles. The van der Waals surface area contributed by atoms with Crippen molar-refractivity contribution in [2.45, 2.75) is 0 Å². The average Bonchev–Trinajstić information content (AvgIpc) is 2.55. The summed E-state index contributed by atoms with van der Waals surface area (Å²) in [6, 6.07) is 27.3. The number of nitrogen functional groups attached to an aromatic ring is 1. The predicted molar refractivity (Wildman–Crippen MR) is 91.3 cm³/mol. The zero-order valence-electron chi connectivity index (χ0n) is 11.6. The fourth-order valence-electron chi connectivity index (χ4n) is 3.02. The summed E-state index contributed by atoms with van der Waals surface area (Å²) in [5.74, 6) is 0. The van der Waals surface area contributed by atoms with Crippen LogP contribution >= 0.6 is 0 Å². The van der Waals surface area contributed by atoms with Gasteiger partial charge >= 0.3 is 0 Å². The largest absolute Gasteiger partial charge is 0.398 e. The Hall–Kier alpha value is -2.80. The van der Waals surface area contributed by atoms with Crippen LogP contribution in [0.25, 0.3) is 32.7 Å². The Morgan fingerprint density at radius 2 is 1.19 bits per heavy atom. The molecular formula is C20H15N. The predicted octanol–water partition coefficient (Wildman–Crippen LogP) is 5.24. The van der Waals surface area contributed by atoms with Gasteiger partial charge in [0.2, 0.25) is 0 Å². The van der Waals surface area contributed by atoms with Gasteiger partial charge in [0.1, 0.15) is 0 Å². The van der Waals surface area contributed by atoms with Crippen LogP contribution in [0.2, 0.25) is 0 Å². The van der Waals surface area contributed by atoms with Crippen molar-refractivity contribution in [2.75, 3.05) is 5.73 Å². The lowest BCUT2D eigenvalue weighted by Crippen LogP contribution is -1.90. The summed E-state index contributed by atoms with van der Waals surface area (Å²) in [4.78, 5) is 0. The van der Waals surface area contributed by atoms with Gasteiger partial charge in [-0.1, -0.05) is 72.8 Å². The Labute approximate surface area is 123 Å². The lowest BCUT2D eigenvalue weighted by molar-refractivity contribution is 1.64. The van der Waals surface area contributed by atoms with Crippen molar-refractivity contribution >= 4 is 27.2 Å². The second kappa shape index (κ2) is 4.64. The van der Waals surface area contributed by atoms with E-state index >= 15 is 0 Å². The molecule has 1 heteroatoms. The van der Waals surface area contributed by atoms with Crippen LogP contribution in [0, 0.1) is 0 Å². The first-order chi connectivity index (χ1) is 10.3. The fourth-order valence-corrected chi connectivity index (χ4v) is 3.02. The molecule has 4 aromatic rings. The van der Waals surface area contributed by atoms with E-state index < -0.39 is 0 Å². The van der Waals surface area contributed by atoms with Gasteiger partial charge in [-0.15, -0.1) is 0 Å². The molecule has 0 spiro atoms. The number of benzene rings is 4. The molecule has 0 bridgehead atoms. The van der Waals surface area contributed by atoms with Crippen LogP contribution in [-0.4, -0.2) is 0 Å².